The Morgan fingerprint density at radius 2 is 2.00 bits per heavy atom. The van der Waals surface area contributed by atoms with Crippen LogP contribution in [0.3, 0.4) is 0 Å². The summed E-state index contributed by atoms with van der Waals surface area (Å²) in [5, 5.41) is 3.35. The lowest BCUT2D eigenvalue weighted by molar-refractivity contribution is 0.210. The molecular formula is C20H27FN4O4. The van der Waals surface area contributed by atoms with Gasteiger partial charge in [0.05, 0.1) is 14.2 Å². The average Bonchev–Trinajstić information content (AvgIpc) is 2.73. The zero-order valence-corrected chi connectivity index (χ0v) is 16.7. The molecule has 1 aliphatic rings. The van der Waals surface area contributed by atoms with Crippen LogP contribution in [0.4, 0.5) is 10.2 Å². The summed E-state index contributed by atoms with van der Waals surface area (Å²) in [6.45, 7) is 2.08. The predicted molar refractivity (Wildman–Crippen MR) is 108 cm³/mol. The number of aromatic amines is 1. The van der Waals surface area contributed by atoms with E-state index in [9.17, 15) is 9.18 Å². The first-order valence-electron chi connectivity index (χ1n) is 9.61. The SMILES string of the molecule is COc1cc(NC2CCN(Cc3ccc(OC)c(OCCF)c3)CC2)[nH]c(=O)n1. The normalized spacial score (nSPS) is 15.1. The number of rotatable bonds is 9. The highest BCUT2D eigenvalue weighted by molar-refractivity contribution is 5.43. The number of halogens is 1. The Labute approximate surface area is 169 Å². The molecule has 0 saturated carbocycles. The Balaban J connectivity index is 1.54. The molecule has 0 amide bonds. The van der Waals surface area contributed by atoms with Gasteiger partial charge in [0, 0.05) is 31.7 Å². The summed E-state index contributed by atoms with van der Waals surface area (Å²) in [6.07, 6.45) is 1.88. The Morgan fingerprint density at radius 3 is 2.69 bits per heavy atom. The molecule has 1 aromatic heterocycles. The smallest absolute Gasteiger partial charge is 0.349 e. The van der Waals surface area contributed by atoms with Crippen LogP contribution in [-0.2, 0) is 6.54 Å². The van der Waals surface area contributed by atoms with Gasteiger partial charge in [-0.05, 0) is 30.5 Å². The molecule has 158 valence electrons. The molecule has 2 N–H and O–H groups in total. The summed E-state index contributed by atoms with van der Waals surface area (Å²) in [4.78, 5) is 20.3. The summed E-state index contributed by atoms with van der Waals surface area (Å²) in [5.74, 6) is 2.07. The predicted octanol–water partition coefficient (Wildman–Crippen LogP) is 2.21. The Morgan fingerprint density at radius 1 is 1.21 bits per heavy atom. The number of alkyl halides is 1. The van der Waals surface area contributed by atoms with E-state index < -0.39 is 12.4 Å². The molecule has 2 heterocycles. The molecule has 1 saturated heterocycles. The largest absolute Gasteiger partial charge is 0.493 e. The van der Waals surface area contributed by atoms with Crippen molar-refractivity contribution in [1.82, 2.24) is 14.9 Å². The molecule has 0 bridgehead atoms. The topological polar surface area (TPSA) is 88.7 Å². The van der Waals surface area contributed by atoms with Crippen molar-refractivity contribution in [3.05, 3.63) is 40.3 Å². The molecule has 1 aliphatic heterocycles. The maximum Gasteiger partial charge on any atom is 0.349 e. The van der Waals surface area contributed by atoms with E-state index in [4.69, 9.17) is 14.2 Å². The summed E-state index contributed by atoms with van der Waals surface area (Å²) < 4.78 is 28.2. The quantitative estimate of drug-likeness (QED) is 0.660. The molecule has 0 atom stereocenters. The first-order chi connectivity index (χ1) is 14.1. The lowest BCUT2D eigenvalue weighted by Crippen LogP contribution is -2.39. The maximum absolute atomic E-state index is 12.4. The number of anilines is 1. The van der Waals surface area contributed by atoms with Crippen molar-refractivity contribution in [2.45, 2.75) is 25.4 Å². The fraction of sp³-hybridized carbons (Fsp3) is 0.500. The second-order valence-corrected chi connectivity index (χ2v) is 6.86. The fourth-order valence-electron chi connectivity index (χ4n) is 3.41. The summed E-state index contributed by atoms with van der Waals surface area (Å²) >= 11 is 0. The summed E-state index contributed by atoms with van der Waals surface area (Å²) in [6, 6.07) is 7.70. The molecular weight excluding hydrogens is 379 g/mol. The lowest BCUT2D eigenvalue weighted by atomic mass is 10.0. The van der Waals surface area contributed by atoms with E-state index in [1.165, 1.54) is 7.11 Å². The number of benzene rings is 1. The Hall–Kier alpha value is -2.81. The van der Waals surface area contributed by atoms with Crippen molar-refractivity contribution in [2.75, 3.05) is 45.9 Å². The van der Waals surface area contributed by atoms with Crippen LogP contribution in [0.2, 0.25) is 0 Å². The number of piperidine rings is 1. The third kappa shape index (κ3) is 5.83. The van der Waals surface area contributed by atoms with Gasteiger partial charge in [0.25, 0.3) is 0 Å². The van der Waals surface area contributed by atoms with Crippen molar-refractivity contribution < 1.29 is 18.6 Å². The number of methoxy groups -OCH3 is 2. The number of hydrogen-bond acceptors (Lipinski definition) is 7. The fourth-order valence-corrected chi connectivity index (χ4v) is 3.41. The van der Waals surface area contributed by atoms with E-state index in [1.807, 2.05) is 18.2 Å². The van der Waals surface area contributed by atoms with Crippen molar-refractivity contribution in [3.63, 3.8) is 0 Å². The van der Waals surface area contributed by atoms with Crippen LogP contribution in [0.1, 0.15) is 18.4 Å². The minimum Gasteiger partial charge on any atom is -0.493 e. The number of nitrogens with zero attached hydrogens (tertiary/aromatic N) is 2. The minimum atomic E-state index is -0.539. The van der Waals surface area contributed by atoms with Gasteiger partial charge in [0.15, 0.2) is 11.5 Å². The van der Waals surface area contributed by atoms with Crippen LogP contribution in [0.5, 0.6) is 17.4 Å². The van der Waals surface area contributed by atoms with Crippen LogP contribution in [-0.4, -0.2) is 61.5 Å². The van der Waals surface area contributed by atoms with Gasteiger partial charge >= 0.3 is 5.69 Å². The van der Waals surface area contributed by atoms with Gasteiger partial charge in [-0.25, -0.2) is 9.18 Å². The van der Waals surface area contributed by atoms with E-state index in [2.05, 4.69) is 20.2 Å². The second-order valence-electron chi connectivity index (χ2n) is 6.86. The molecule has 1 aromatic carbocycles. The molecule has 1 fully saturated rings. The maximum atomic E-state index is 12.4. The highest BCUT2D eigenvalue weighted by Gasteiger charge is 2.20. The van der Waals surface area contributed by atoms with Crippen molar-refractivity contribution >= 4 is 5.82 Å². The molecule has 3 rings (SSSR count). The molecule has 8 nitrogen and oxygen atoms in total. The molecule has 0 spiro atoms. The van der Waals surface area contributed by atoms with E-state index in [1.54, 1.807) is 13.2 Å². The van der Waals surface area contributed by atoms with Crippen LogP contribution in [0.25, 0.3) is 0 Å². The second kappa shape index (κ2) is 10.1. The van der Waals surface area contributed by atoms with Crippen molar-refractivity contribution in [3.8, 4) is 17.4 Å². The van der Waals surface area contributed by atoms with Gasteiger partial charge in [-0.2, -0.15) is 4.98 Å². The Kier molecular flexibility index (Phi) is 7.29. The molecule has 29 heavy (non-hydrogen) atoms. The molecule has 0 aliphatic carbocycles. The zero-order chi connectivity index (χ0) is 20.6. The first-order valence-corrected chi connectivity index (χ1v) is 9.61. The molecule has 2 aromatic rings. The van der Waals surface area contributed by atoms with Crippen molar-refractivity contribution in [1.29, 1.82) is 0 Å². The number of aromatic nitrogens is 2. The molecule has 0 unspecified atom stereocenters. The number of hydrogen-bond donors (Lipinski definition) is 2. The number of ether oxygens (including phenoxy) is 3. The first kappa shape index (κ1) is 20.9. The molecule has 0 radical (unpaired) electrons. The van der Waals surface area contributed by atoms with E-state index in [0.717, 1.165) is 38.0 Å². The average molecular weight is 406 g/mol. The van der Waals surface area contributed by atoms with Gasteiger partial charge in [-0.1, -0.05) is 6.07 Å². The highest BCUT2D eigenvalue weighted by atomic mass is 19.1. The van der Waals surface area contributed by atoms with Gasteiger partial charge in [0.1, 0.15) is 19.1 Å². The third-order valence-corrected chi connectivity index (χ3v) is 4.85. The summed E-state index contributed by atoms with van der Waals surface area (Å²) in [7, 11) is 3.05. The van der Waals surface area contributed by atoms with Gasteiger partial charge in [-0.3, -0.25) is 9.88 Å². The minimum absolute atomic E-state index is 0.0127. The lowest BCUT2D eigenvalue weighted by Gasteiger charge is -2.32. The van der Waals surface area contributed by atoms with Gasteiger partial charge < -0.3 is 19.5 Å². The van der Waals surface area contributed by atoms with Gasteiger partial charge in [-0.15, -0.1) is 0 Å². The number of likely N-dealkylation sites (tertiary alicyclic amines) is 1. The molecule has 9 heteroatoms. The Bertz CT molecular complexity index is 853. The monoisotopic (exact) mass is 406 g/mol. The zero-order valence-electron chi connectivity index (χ0n) is 16.7. The van der Waals surface area contributed by atoms with E-state index in [-0.39, 0.29) is 12.6 Å². The van der Waals surface area contributed by atoms with Crippen LogP contribution >= 0.6 is 0 Å². The third-order valence-electron chi connectivity index (χ3n) is 4.85. The van der Waals surface area contributed by atoms with Crippen LogP contribution < -0.4 is 25.2 Å². The summed E-state index contributed by atoms with van der Waals surface area (Å²) in [5.41, 5.74) is 0.656. The number of nitrogens with one attached hydrogen (secondary N) is 2. The van der Waals surface area contributed by atoms with Crippen molar-refractivity contribution in [2.24, 2.45) is 0 Å². The number of H-pyrrole nitrogens is 1. The van der Waals surface area contributed by atoms with Crippen LogP contribution in [0, 0.1) is 0 Å². The standard InChI is InChI=1S/C20H27FN4O4/c1-27-16-4-3-14(11-17(16)29-10-7-21)13-25-8-5-15(6-9-25)22-18-12-19(28-2)24-20(26)23-18/h3-4,11-12,15H,5-10,13H2,1-2H3,(H2,22,23,24,26). The van der Waals surface area contributed by atoms with Crippen LogP contribution in [0.15, 0.2) is 29.1 Å². The highest BCUT2D eigenvalue weighted by Crippen LogP contribution is 2.29. The van der Waals surface area contributed by atoms with E-state index >= 15 is 0 Å². The van der Waals surface area contributed by atoms with E-state index in [0.29, 0.717) is 23.2 Å². The van der Waals surface area contributed by atoms with Gasteiger partial charge in [0.2, 0.25) is 5.88 Å².